The van der Waals surface area contributed by atoms with Crippen LogP contribution in [0.1, 0.15) is 61.1 Å². The lowest BCUT2D eigenvalue weighted by atomic mass is 9.96. The first-order chi connectivity index (χ1) is 10.2. The summed E-state index contributed by atoms with van der Waals surface area (Å²) in [6.07, 6.45) is 8.65. The Balaban J connectivity index is 1.66. The zero-order chi connectivity index (χ0) is 14.7. The van der Waals surface area contributed by atoms with Gasteiger partial charge in [0.15, 0.2) is 0 Å². The molecule has 3 heteroatoms. The highest BCUT2D eigenvalue weighted by molar-refractivity contribution is 5.25. The number of benzene rings is 1. The molecular formula is C18H24N2O. The molecule has 1 atom stereocenters. The van der Waals surface area contributed by atoms with Crippen LogP contribution in [0.25, 0.3) is 0 Å². The van der Waals surface area contributed by atoms with Crippen molar-refractivity contribution in [2.24, 2.45) is 0 Å². The van der Waals surface area contributed by atoms with E-state index in [-0.39, 0.29) is 0 Å². The first-order valence-electron chi connectivity index (χ1n) is 8.01. The second-order valence-corrected chi connectivity index (χ2v) is 6.21. The fourth-order valence-corrected chi connectivity index (χ4v) is 3.23. The van der Waals surface area contributed by atoms with Crippen molar-refractivity contribution in [3.05, 3.63) is 53.3 Å². The predicted molar refractivity (Wildman–Crippen MR) is 84.2 cm³/mol. The van der Waals surface area contributed by atoms with Crippen molar-refractivity contribution in [3.63, 3.8) is 0 Å². The highest BCUT2D eigenvalue weighted by Crippen LogP contribution is 2.28. The molecule has 0 radical (unpaired) electrons. The molecule has 0 aliphatic heterocycles. The Morgan fingerprint density at radius 1 is 1.24 bits per heavy atom. The number of aromatic nitrogens is 2. The van der Waals surface area contributed by atoms with Crippen molar-refractivity contribution in [2.45, 2.75) is 57.6 Å². The lowest BCUT2D eigenvalue weighted by molar-refractivity contribution is 0.176. The van der Waals surface area contributed by atoms with E-state index < -0.39 is 6.10 Å². The lowest BCUT2D eigenvalue weighted by Crippen LogP contribution is -2.13. The molecule has 1 aliphatic rings. The Kier molecular flexibility index (Phi) is 4.39. The van der Waals surface area contributed by atoms with E-state index in [0.717, 1.165) is 11.3 Å². The molecule has 0 amide bonds. The summed E-state index contributed by atoms with van der Waals surface area (Å²) in [6.45, 7) is 2.05. The molecule has 0 saturated heterocycles. The van der Waals surface area contributed by atoms with E-state index in [1.807, 2.05) is 37.3 Å². The summed E-state index contributed by atoms with van der Waals surface area (Å²) in [4.78, 5) is 0. The van der Waals surface area contributed by atoms with Crippen LogP contribution in [0.3, 0.4) is 0 Å². The Morgan fingerprint density at radius 2 is 2.05 bits per heavy atom. The van der Waals surface area contributed by atoms with Gasteiger partial charge in [-0.25, -0.2) is 0 Å². The molecular weight excluding hydrogens is 260 g/mol. The summed E-state index contributed by atoms with van der Waals surface area (Å²) < 4.78 is 2.11. The average Bonchev–Trinajstić information content (AvgIpc) is 2.97. The van der Waals surface area contributed by atoms with Gasteiger partial charge in [0.2, 0.25) is 0 Å². The molecule has 0 bridgehead atoms. The SMILES string of the molecule is Cc1cccc(C(O)Cc2ccn(C3CCCCC3)n2)c1. The number of hydrogen-bond donors (Lipinski definition) is 1. The van der Waals surface area contributed by atoms with Gasteiger partial charge in [0.25, 0.3) is 0 Å². The highest BCUT2D eigenvalue weighted by atomic mass is 16.3. The molecule has 1 heterocycles. The minimum absolute atomic E-state index is 0.473. The number of nitrogens with zero attached hydrogens (tertiary/aromatic N) is 2. The smallest absolute Gasteiger partial charge is 0.0846 e. The molecule has 1 saturated carbocycles. The van der Waals surface area contributed by atoms with Gasteiger partial charge in [-0.1, -0.05) is 49.1 Å². The summed E-state index contributed by atoms with van der Waals surface area (Å²) in [5.41, 5.74) is 3.14. The van der Waals surface area contributed by atoms with E-state index in [0.29, 0.717) is 12.5 Å². The van der Waals surface area contributed by atoms with Crippen molar-refractivity contribution in [1.29, 1.82) is 0 Å². The Bertz CT molecular complexity index is 584. The van der Waals surface area contributed by atoms with Crippen molar-refractivity contribution >= 4 is 0 Å². The zero-order valence-corrected chi connectivity index (χ0v) is 12.7. The summed E-state index contributed by atoms with van der Waals surface area (Å²) in [5.74, 6) is 0. The molecule has 1 aromatic heterocycles. The van der Waals surface area contributed by atoms with Crippen LogP contribution in [0.15, 0.2) is 36.5 Å². The van der Waals surface area contributed by atoms with Crippen LogP contribution < -0.4 is 0 Å². The van der Waals surface area contributed by atoms with Gasteiger partial charge >= 0.3 is 0 Å². The molecule has 1 fully saturated rings. The van der Waals surface area contributed by atoms with E-state index in [2.05, 4.69) is 16.0 Å². The molecule has 3 nitrogen and oxygen atoms in total. The van der Waals surface area contributed by atoms with Crippen molar-refractivity contribution in [3.8, 4) is 0 Å². The first kappa shape index (κ1) is 14.3. The van der Waals surface area contributed by atoms with E-state index in [1.54, 1.807) is 0 Å². The third-order valence-corrected chi connectivity index (χ3v) is 4.44. The average molecular weight is 284 g/mol. The van der Waals surface area contributed by atoms with E-state index >= 15 is 0 Å². The Morgan fingerprint density at radius 3 is 2.81 bits per heavy atom. The fourth-order valence-electron chi connectivity index (χ4n) is 3.23. The van der Waals surface area contributed by atoms with Crippen LogP contribution in [0.4, 0.5) is 0 Å². The van der Waals surface area contributed by atoms with Gasteiger partial charge < -0.3 is 5.11 Å². The van der Waals surface area contributed by atoms with Gasteiger partial charge in [-0.05, 0) is 31.4 Å². The third-order valence-electron chi connectivity index (χ3n) is 4.44. The zero-order valence-electron chi connectivity index (χ0n) is 12.7. The second kappa shape index (κ2) is 6.44. The standard InChI is InChI=1S/C18H24N2O/c1-14-6-5-7-15(12-14)18(21)13-16-10-11-20(19-16)17-8-3-2-4-9-17/h5-7,10-12,17-18,21H,2-4,8-9,13H2,1H3. The minimum Gasteiger partial charge on any atom is -0.388 e. The molecule has 1 aliphatic carbocycles. The highest BCUT2D eigenvalue weighted by Gasteiger charge is 2.17. The van der Waals surface area contributed by atoms with Crippen LogP contribution >= 0.6 is 0 Å². The monoisotopic (exact) mass is 284 g/mol. The van der Waals surface area contributed by atoms with Crippen molar-refractivity contribution < 1.29 is 5.11 Å². The van der Waals surface area contributed by atoms with Crippen LogP contribution in [0, 0.1) is 6.92 Å². The van der Waals surface area contributed by atoms with Crippen LogP contribution in [0.2, 0.25) is 0 Å². The molecule has 112 valence electrons. The summed E-state index contributed by atoms with van der Waals surface area (Å²) in [5, 5.41) is 15.0. The molecule has 1 aromatic carbocycles. The van der Waals surface area contributed by atoms with E-state index in [4.69, 9.17) is 0 Å². The van der Waals surface area contributed by atoms with E-state index in [1.165, 1.54) is 37.7 Å². The molecule has 21 heavy (non-hydrogen) atoms. The second-order valence-electron chi connectivity index (χ2n) is 6.21. The number of aliphatic hydroxyl groups is 1. The van der Waals surface area contributed by atoms with Crippen molar-refractivity contribution in [2.75, 3.05) is 0 Å². The lowest BCUT2D eigenvalue weighted by Gasteiger charge is -2.21. The normalized spacial score (nSPS) is 17.8. The molecule has 1 N–H and O–H groups in total. The van der Waals surface area contributed by atoms with E-state index in [9.17, 15) is 5.11 Å². The molecule has 3 rings (SSSR count). The molecule has 1 unspecified atom stereocenters. The van der Waals surface area contributed by atoms with Crippen LogP contribution in [-0.2, 0) is 6.42 Å². The van der Waals surface area contributed by atoms with Gasteiger partial charge in [-0.2, -0.15) is 5.10 Å². The largest absolute Gasteiger partial charge is 0.388 e. The quantitative estimate of drug-likeness (QED) is 0.922. The third kappa shape index (κ3) is 3.53. The maximum absolute atomic E-state index is 10.4. The summed E-state index contributed by atoms with van der Waals surface area (Å²) >= 11 is 0. The summed E-state index contributed by atoms with van der Waals surface area (Å²) in [6, 6.07) is 10.7. The van der Waals surface area contributed by atoms with Crippen LogP contribution in [0.5, 0.6) is 0 Å². The van der Waals surface area contributed by atoms with Crippen molar-refractivity contribution in [1.82, 2.24) is 9.78 Å². The number of aliphatic hydroxyl groups excluding tert-OH is 1. The van der Waals surface area contributed by atoms with Gasteiger partial charge in [0.05, 0.1) is 17.8 Å². The minimum atomic E-state index is -0.473. The predicted octanol–water partition coefficient (Wildman–Crippen LogP) is 3.97. The number of rotatable bonds is 4. The number of aryl methyl sites for hydroxylation is 1. The first-order valence-corrected chi connectivity index (χ1v) is 8.01. The summed E-state index contributed by atoms with van der Waals surface area (Å²) in [7, 11) is 0. The molecule has 2 aromatic rings. The van der Waals surface area contributed by atoms with Gasteiger partial charge in [0.1, 0.15) is 0 Å². The maximum atomic E-state index is 10.4. The van der Waals surface area contributed by atoms with Crippen LogP contribution in [-0.4, -0.2) is 14.9 Å². The number of hydrogen-bond acceptors (Lipinski definition) is 2. The fraction of sp³-hybridized carbons (Fsp3) is 0.500. The topological polar surface area (TPSA) is 38.0 Å². The van der Waals surface area contributed by atoms with Gasteiger partial charge in [-0.3, -0.25) is 4.68 Å². The Hall–Kier alpha value is -1.61. The van der Waals surface area contributed by atoms with Gasteiger partial charge in [0, 0.05) is 12.6 Å². The Labute approximate surface area is 126 Å². The maximum Gasteiger partial charge on any atom is 0.0846 e. The molecule has 0 spiro atoms. The van der Waals surface area contributed by atoms with Gasteiger partial charge in [-0.15, -0.1) is 0 Å².